The number of aryl methyl sites for hydroxylation is 2. The molecule has 25 heavy (non-hydrogen) atoms. The summed E-state index contributed by atoms with van der Waals surface area (Å²) in [6.07, 6.45) is 2.81. The van der Waals surface area contributed by atoms with Crippen molar-refractivity contribution in [2.75, 3.05) is 6.61 Å². The van der Waals surface area contributed by atoms with E-state index >= 15 is 0 Å². The first kappa shape index (κ1) is 17.2. The van der Waals surface area contributed by atoms with E-state index in [4.69, 9.17) is 4.74 Å². The Bertz CT molecular complexity index is 1050. The quantitative estimate of drug-likeness (QED) is 0.670. The van der Waals surface area contributed by atoms with E-state index in [1.54, 1.807) is 44.2 Å². The number of carbonyl (C=O) groups is 1. The van der Waals surface area contributed by atoms with Crippen LogP contribution in [0, 0.1) is 13.8 Å². The van der Waals surface area contributed by atoms with Crippen LogP contribution in [0.15, 0.2) is 47.6 Å². The lowest BCUT2D eigenvalue weighted by Gasteiger charge is -2.09. The SMILES string of the molecule is CCOC(=O)c1cnc2c(ccn2S(=O)(=O)c2ccc(C)cc2)c1C. The molecule has 1 aromatic carbocycles. The number of esters is 1. The smallest absolute Gasteiger partial charge is 0.339 e. The summed E-state index contributed by atoms with van der Waals surface area (Å²) in [5.74, 6) is -0.469. The molecule has 0 amide bonds. The number of aromatic nitrogens is 2. The molecule has 0 fully saturated rings. The van der Waals surface area contributed by atoms with Crippen LogP contribution in [-0.4, -0.2) is 30.0 Å². The summed E-state index contributed by atoms with van der Waals surface area (Å²) in [7, 11) is -3.76. The Labute approximate surface area is 146 Å². The Balaban J connectivity index is 2.14. The van der Waals surface area contributed by atoms with Gasteiger partial charge in [-0.3, -0.25) is 0 Å². The maximum Gasteiger partial charge on any atom is 0.339 e. The zero-order valence-electron chi connectivity index (χ0n) is 14.2. The summed E-state index contributed by atoms with van der Waals surface area (Å²) in [4.78, 5) is 16.4. The van der Waals surface area contributed by atoms with Gasteiger partial charge in [0.05, 0.1) is 17.1 Å². The van der Waals surface area contributed by atoms with Crippen molar-refractivity contribution in [2.24, 2.45) is 0 Å². The monoisotopic (exact) mass is 358 g/mol. The zero-order valence-corrected chi connectivity index (χ0v) is 15.0. The number of rotatable bonds is 4. The Morgan fingerprint density at radius 3 is 2.48 bits per heavy atom. The summed E-state index contributed by atoms with van der Waals surface area (Å²) < 4.78 is 31.9. The van der Waals surface area contributed by atoms with Crippen molar-refractivity contribution in [2.45, 2.75) is 25.7 Å². The Morgan fingerprint density at radius 2 is 1.84 bits per heavy atom. The number of hydrogen-bond donors (Lipinski definition) is 0. The Morgan fingerprint density at radius 1 is 1.16 bits per heavy atom. The van der Waals surface area contributed by atoms with Crippen LogP contribution in [0.1, 0.15) is 28.4 Å². The molecule has 7 heteroatoms. The van der Waals surface area contributed by atoms with Crippen LogP contribution in [0.3, 0.4) is 0 Å². The number of carbonyl (C=O) groups excluding carboxylic acids is 1. The van der Waals surface area contributed by atoms with Gasteiger partial charge in [0.25, 0.3) is 10.0 Å². The van der Waals surface area contributed by atoms with Gasteiger partial charge in [0.15, 0.2) is 5.65 Å². The lowest BCUT2D eigenvalue weighted by molar-refractivity contribution is 0.0525. The topological polar surface area (TPSA) is 78.3 Å². The molecular formula is C18H18N2O4S. The molecule has 2 heterocycles. The number of hydrogen-bond acceptors (Lipinski definition) is 5. The molecule has 0 bridgehead atoms. The lowest BCUT2D eigenvalue weighted by Crippen LogP contribution is -2.13. The van der Waals surface area contributed by atoms with Crippen molar-refractivity contribution in [1.29, 1.82) is 0 Å². The second-order valence-electron chi connectivity index (χ2n) is 5.68. The van der Waals surface area contributed by atoms with Gasteiger partial charge in [-0.05, 0) is 44.5 Å². The third kappa shape index (κ3) is 2.91. The van der Waals surface area contributed by atoms with E-state index in [2.05, 4.69) is 4.98 Å². The van der Waals surface area contributed by atoms with Gasteiger partial charge in [-0.25, -0.2) is 22.2 Å². The van der Waals surface area contributed by atoms with Crippen LogP contribution >= 0.6 is 0 Å². The minimum absolute atomic E-state index is 0.185. The average Bonchev–Trinajstić information content (AvgIpc) is 3.01. The largest absolute Gasteiger partial charge is 0.462 e. The van der Waals surface area contributed by atoms with Crippen molar-refractivity contribution in [3.63, 3.8) is 0 Å². The molecule has 0 aliphatic carbocycles. The summed E-state index contributed by atoms with van der Waals surface area (Å²) in [6, 6.07) is 8.27. The van der Waals surface area contributed by atoms with E-state index in [0.717, 1.165) is 9.54 Å². The highest BCUT2D eigenvalue weighted by molar-refractivity contribution is 7.90. The fourth-order valence-corrected chi connectivity index (χ4v) is 3.93. The van der Waals surface area contributed by atoms with Crippen LogP contribution in [0.2, 0.25) is 0 Å². The molecule has 0 N–H and O–H groups in total. The molecular weight excluding hydrogens is 340 g/mol. The van der Waals surface area contributed by atoms with E-state index in [0.29, 0.717) is 16.5 Å². The molecule has 0 saturated carbocycles. The van der Waals surface area contributed by atoms with E-state index < -0.39 is 16.0 Å². The molecule has 0 aliphatic rings. The zero-order chi connectivity index (χ0) is 18.2. The second kappa shape index (κ2) is 6.33. The first-order valence-electron chi connectivity index (χ1n) is 7.82. The second-order valence-corrected chi connectivity index (χ2v) is 7.50. The number of fused-ring (bicyclic) bond motifs is 1. The molecule has 3 rings (SSSR count). The Kier molecular flexibility index (Phi) is 4.34. The highest BCUT2D eigenvalue weighted by Gasteiger charge is 2.22. The number of ether oxygens (including phenoxy) is 1. The van der Waals surface area contributed by atoms with Gasteiger partial charge in [-0.15, -0.1) is 0 Å². The van der Waals surface area contributed by atoms with Crippen molar-refractivity contribution < 1.29 is 17.9 Å². The van der Waals surface area contributed by atoms with Gasteiger partial charge >= 0.3 is 5.97 Å². The van der Waals surface area contributed by atoms with E-state index in [9.17, 15) is 13.2 Å². The highest BCUT2D eigenvalue weighted by atomic mass is 32.2. The van der Waals surface area contributed by atoms with Crippen LogP contribution in [0.5, 0.6) is 0 Å². The van der Waals surface area contributed by atoms with Gasteiger partial charge in [-0.2, -0.15) is 0 Å². The lowest BCUT2D eigenvalue weighted by atomic mass is 10.1. The summed E-state index contributed by atoms with van der Waals surface area (Å²) in [5, 5.41) is 0.598. The predicted octanol–water partition coefficient (Wildman–Crippen LogP) is 3.07. The Hall–Kier alpha value is -2.67. The van der Waals surface area contributed by atoms with Gasteiger partial charge < -0.3 is 4.74 Å². The van der Waals surface area contributed by atoms with Crippen LogP contribution in [0.25, 0.3) is 11.0 Å². The van der Waals surface area contributed by atoms with Gasteiger partial charge in [-0.1, -0.05) is 17.7 Å². The standard InChI is InChI=1S/C18H18N2O4S/c1-4-24-18(21)16-11-19-17-15(13(16)3)9-10-20(17)25(22,23)14-7-5-12(2)6-8-14/h5-11H,4H2,1-3H3. The van der Waals surface area contributed by atoms with Crippen LogP contribution in [-0.2, 0) is 14.8 Å². The molecule has 2 aromatic heterocycles. The molecule has 6 nitrogen and oxygen atoms in total. The third-order valence-corrected chi connectivity index (χ3v) is 5.70. The summed E-state index contributed by atoms with van der Waals surface area (Å²) in [5.41, 5.74) is 2.23. The molecule has 0 radical (unpaired) electrons. The number of nitrogens with zero attached hydrogens (tertiary/aromatic N) is 2. The highest BCUT2D eigenvalue weighted by Crippen LogP contribution is 2.25. The number of pyridine rings is 1. The minimum atomic E-state index is -3.76. The molecule has 0 spiro atoms. The normalized spacial score (nSPS) is 11.6. The van der Waals surface area contributed by atoms with Crippen molar-refractivity contribution in [3.05, 3.63) is 59.4 Å². The molecule has 0 unspecified atom stereocenters. The third-order valence-electron chi connectivity index (χ3n) is 4.02. The maximum absolute atomic E-state index is 12.9. The van der Waals surface area contributed by atoms with Gasteiger partial charge in [0.2, 0.25) is 0 Å². The van der Waals surface area contributed by atoms with Crippen molar-refractivity contribution >= 4 is 27.0 Å². The minimum Gasteiger partial charge on any atom is -0.462 e. The molecule has 3 aromatic rings. The van der Waals surface area contributed by atoms with Crippen molar-refractivity contribution in [1.82, 2.24) is 8.96 Å². The van der Waals surface area contributed by atoms with E-state index in [1.165, 1.54) is 12.4 Å². The first-order valence-corrected chi connectivity index (χ1v) is 9.26. The first-order chi connectivity index (χ1) is 11.9. The summed E-state index contributed by atoms with van der Waals surface area (Å²) >= 11 is 0. The molecule has 0 saturated heterocycles. The van der Waals surface area contributed by atoms with Crippen molar-refractivity contribution in [3.8, 4) is 0 Å². The van der Waals surface area contributed by atoms with E-state index in [-0.39, 0.29) is 17.1 Å². The van der Waals surface area contributed by atoms with E-state index in [1.807, 2.05) is 6.92 Å². The average molecular weight is 358 g/mol. The van der Waals surface area contributed by atoms with Crippen LogP contribution < -0.4 is 0 Å². The van der Waals surface area contributed by atoms with Gasteiger partial charge in [0, 0.05) is 17.8 Å². The van der Waals surface area contributed by atoms with Crippen LogP contribution in [0.4, 0.5) is 0 Å². The fourth-order valence-electron chi connectivity index (χ4n) is 2.63. The summed E-state index contributed by atoms with van der Waals surface area (Å²) in [6.45, 7) is 5.63. The maximum atomic E-state index is 12.9. The fraction of sp³-hybridized carbons (Fsp3) is 0.222. The van der Waals surface area contributed by atoms with Gasteiger partial charge in [0.1, 0.15) is 0 Å². The number of benzene rings is 1. The molecule has 0 aliphatic heterocycles. The predicted molar refractivity (Wildman–Crippen MR) is 94.2 cm³/mol. The molecule has 130 valence electrons. The molecule has 0 atom stereocenters.